The summed E-state index contributed by atoms with van der Waals surface area (Å²) >= 11 is 0. The first-order valence-corrected chi connectivity index (χ1v) is 13.4. The number of halogens is 2. The van der Waals surface area contributed by atoms with Crippen LogP contribution in [-0.2, 0) is 6.42 Å². The molecule has 1 fully saturated rings. The molecular formula is C33H36F2O2. The Bertz CT molecular complexity index is 1170. The van der Waals surface area contributed by atoms with Crippen LogP contribution in [0.1, 0.15) is 91.3 Å². The predicted octanol–water partition coefficient (Wildman–Crippen LogP) is 9.16. The molecule has 0 N–H and O–H groups in total. The van der Waals surface area contributed by atoms with E-state index < -0.39 is 17.6 Å². The number of esters is 1. The Hall–Kier alpha value is -3.27. The quantitative estimate of drug-likeness (QED) is 0.166. The van der Waals surface area contributed by atoms with Crippen LogP contribution in [0, 0.1) is 17.6 Å². The molecule has 194 valence electrons. The molecule has 0 spiro atoms. The Balaban J connectivity index is 1.30. The average Bonchev–Trinajstić information content (AvgIpc) is 2.91. The van der Waals surface area contributed by atoms with E-state index in [1.165, 1.54) is 30.4 Å². The van der Waals surface area contributed by atoms with Crippen molar-refractivity contribution in [3.05, 3.63) is 113 Å². The average molecular weight is 503 g/mol. The fraction of sp³-hybridized carbons (Fsp3) is 0.364. The van der Waals surface area contributed by atoms with Crippen LogP contribution in [0.5, 0.6) is 5.75 Å². The SMILES string of the molecule is CC=CCCc1c(F)cc(OC(=O)c2ccc(C3CCC(C[C@@H](C)c4ccccc4)CC3)cc2)cc1F. The number of hydrogen-bond donors (Lipinski definition) is 0. The topological polar surface area (TPSA) is 26.3 Å². The molecular weight excluding hydrogens is 466 g/mol. The van der Waals surface area contributed by atoms with E-state index in [9.17, 15) is 13.6 Å². The number of rotatable bonds is 9. The van der Waals surface area contributed by atoms with Gasteiger partial charge in [-0.05, 0) is 92.9 Å². The first-order valence-electron chi connectivity index (χ1n) is 13.4. The van der Waals surface area contributed by atoms with Crippen molar-refractivity contribution in [1.29, 1.82) is 0 Å². The lowest BCUT2D eigenvalue weighted by atomic mass is 9.75. The molecule has 1 aliphatic carbocycles. The van der Waals surface area contributed by atoms with Gasteiger partial charge in [-0.3, -0.25) is 0 Å². The van der Waals surface area contributed by atoms with E-state index >= 15 is 0 Å². The van der Waals surface area contributed by atoms with Gasteiger partial charge in [-0.25, -0.2) is 13.6 Å². The maximum absolute atomic E-state index is 14.4. The Labute approximate surface area is 219 Å². The highest BCUT2D eigenvalue weighted by Crippen LogP contribution is 2.39. The zero-order valence-corrected chi connectivity index (χ0v) is 21.8. The highest BCUT2D eigenvalue weighted by molar-refractivity contribution is 5.91. The lowest BCUT2D eigenvalue weighted by Crippen LogP contribution is -2.15. The molecule has 0 heterocycles. The maximum atomic E-state index is 14.4. The second-order valence-corrected chi connectivity index (χ2v) is 10.2. The summed E-state index contributed by atoms with van der Waals surface area (Å²) in [6, 6.07) is 20.4. The van der Waals surface area contributed by atoms with Gasteiger partial charge in [0.2, 0.25) is 0 Å². The van der Waals surface area contributed by atoms with E-state index in [1.807, 2.05) is 31.2 Å². The van der Waals surface area contributed by atoms with Crippen molar-refractivity contribution < 1.29 is 18.3 Å². The smallest absolute Gasteiger partial charge is 0.343 e. The summed E-state index contributed by atoms with van der Waals surface area (Å²) in [7, 11) is 0. The molecule has 1 saturated carbocycles. The van der Waals surface area contributed by atoms with E-state index in [1.54, 1.807) is 12.1 Å². The molecule has 1 atom stereocenters. The van der Waals surface area contributed by atoms with Crippen molar-refractivity contribution in [2.45, 2.75) is 70.6 Å². The lowest BCUT2D eigenvalue weighted by Gasteiger charge is -2.30. The van der Waals surface area contributed by atoms with Gasteiger partial charge < -0.3 is 4.74 Å². The molecule has 0 aromatic heterocycles. The van der Waals surface area contributed by atoms with Gasteiger partial charge >= 0.3 is 5.97 Å². The summed E-state index contributed by atoms with van der Waals surface area (Å²) in [5.74, 6) is -0.326. The third-order valence-corrected chi connectivity index (χ3v) is 7.64. The van der Waals surface area contributed by atoms with Crippen LogP contribution in [0.4, 0.5) is 8.78 Å². The van der Waals surface area contributed by atoms with Gasteiger partial charge in [0.05, 0.1) is 5.56 Å². The summed E-state index contributed by atoms with van der Waals surface area (Å²) in [5, 5.41) is 0. The van der Waals surface area contributed by atoms with E-state index in [-0.39, 0.29) is 17.7 Å². The van der Waals surface area contributed by atoms with Gasteiger partial charge in [0, 0.05) is 17.7 Å². The third kappa shape index (κ3) is 7.15. The molecule has 2 nitrogen and oxygen atoms in total. The number of hydrogen-bond acceptors (Lipinski definition) is 2. The van der Waals surface area contributed by atoms with Crippen molar-refractivity contribution >= 4 is 5.97 Å². The molecule has 1 aliphatic rings. The number of ether oxygens (including phenoxy) is 1. The third-order valence-electron chi connectivity index (χ3n) is 7.64. The molecule has 3 aromatic carbocycles. The molecule has 0 bridgehead atoms. The van der Waals surface area contributed by atoms with Crippen molar-refractivity contribution in [2.75, 3.05) is 0 Å². The summed E-state index contributed by atoms with van der Waals surface area (Å²) in [6.07, 6.45) is 10.4. The monoisotopic (exact) mass is 502 g/mol. The zero-order chi connectivity index (χ0) is 26.2. The van der Waals surface area contributed by atoms with Crippen LogP contribution >= 0.6 is 0 Å². The molecule has 0 aliphatic heterocycles. The molecule has 0 amide bonds. The molecule has 4 rings (SSSR count). The van der Waals surface area contributed by atoms with Gasteiger partial charge in [-0.15, -0.1) is 0 Å². The minimum Gasteiger partial charge on any atom is -0.423 e. The Morgan fingerprint density at radius 3 is 2.24 bits per heavy atom. The fourth-order valence-electron chi connectivity index (χ4n) is 5.48. The standard InChI is InChI=1S/C33H36F2O2/c1-3-4-6-11-30-31(34)21-29(22-32(30)35)37-33(36)28-18-16-27(17-19-28)26-14-12-24(13-15-26)20-23(2)25-9-7-5-8-10-25/h3-5,7-10,16-19,21-24,26H,6,11-15,20H2,1-2H3/t23-,24?,26?/m1/s1. The molecule has 0 saturated heterocycles. The van der Waals surface area contributed by atoms with Gasteiger partial charge in [0.25, 0.3) is 0 Å². The molecule has 0 radical (unpaired) electrons. The van der Waals surface area contributed by atoms with Crippen molar-refractivity contribution in [2.24, 2.45) is 5.92 Å². The minimum absolute atomic E-state index is 0.00601. The lowest BCUT2D eigenvalue weighted by molar-refractivity contribution is 0.0734. The molecule has 0 unspecified atom stereocenters. The van der Waals surface area contributed by atoms with Crippen LogP contribution in [0.3, 0.4) is 0 Å². The summed E-state index contributed by atoms with van der Waals surface area (Å²) in [6.45, 7) is 4.18. The Morgan fingerprint density at radius 2 is 1.62 bits per heavy atom. The fourth-order valence-corrected chi connectivity index (χ4v) is 5.48. The summed E-state index contributed by atoms with van der Waals surface area (Å²) < 4.78 is 34.0. The van der Waals surface area contributed by atoms with E-state index in [4.69, 9.17) is 4.74 Å². The number of carbonyl (C=O) groups excluding carboxylic acids is 1. The highest BCUT2D eigenvalue weighted by Gasteiger charge is 2.24. The number of benzene rings is 3. The molecule has 37 heavy (non-hydrogen) atoms. The highest BCUT2D eigenvalue weighted by atomic mass is 19.1. The van der Waals surface area contributed by atoms with E-state index in [0.717, 1.165) is 30.9 Å². The maximum Gasteiger partial charge on any atom is 0.343 e. The largest absolute Gasteiger partial charge is 0.423 e. The summed E-state index contributed by atoms with van der Waals surface area (Å²) in [4.78, 5) is 12.6. The van der Waals surface area contributed by atoms with E-state index in [2.05, 4.69) is 37.3 Å². The van der Waals surface area contributed by atoms with Crippen molar-refractivity contribution in [3.8, 4) is 5.75 Å². The van der Waals surface area contributed by atoms with Crippen LogP contribution in [0.25, 0.3) is 0 Å². The van der Waals surface area contributed by atoms with Crippen LogP contribution in [-0.4, -0.2) is 5.97 Å². The van der Waals surface area contributed by atoms with Crippen LogP contribution in [0.2, 0.25) is 0 Å². The van der Waals surface area contributed by atoms with Crippen LogP contribution < -0.4 is 4.74 Å². The van der Waals surface area contributed by atoms with Gasteiger partial charge in [0.15, 0.2) is 0 Å². The minimum atomic E-state index is -0.698. The first-order chi connectivity index (χ1) is 17.9. The second-order valence-electron chi connectivity index (χ2n) is 10.2. The van der Waals surface area contributed by atoms with Crippen LogP contribution in [0.15, 0.2) is 78.9 Å². The predicted molar refractivity (Wildman–Crippen MR) is 145 cm³/mol. The van der Waals surface area contributed by atoms with Crippen molar-refractivity contribution in [3.63, 3.8) is 0 Å². The van der Waals surface area contributed by atoms with Crippen molar-refractivity contribution in [1.82, 2.24) is 0 Å². The normalized spacial score (nSPS) is 18.6. The number of allylic oxidation sites excluding steroid dienone is 2. The first kappa shape index (κ1) is 26.8. The molecule has 3 aromatic rings. The zero-order valence-electron chi connectivity index (χ0n) is 21.8. The van der Waals surface area contributed by atoms with Gasteiger partial charge in [-0.2, -0.15) is 0 Å². The molecule has 4 heteroatoms. The van der Waals surface area contributed by atoms with E-state index in [0.29, 0.717) is 23.8 Å². The van der Waals surface area contributed by atoms with Gasteiger partial charge in [-0.1, -0.05) is 61.5 Å². The second kappa shape index (κ2) is 12.8. The number of carbonyl (C=O) groups is 1. The van der Waals surface area contributed by atoms with Gasteiger partial charge in [0.1, 0.15) is 17.4 Å². The Kier molecular flexibility index (Phi) is 9.27. The Morgan fingerprint density at radius 1 is 0.973 bits per heavy atom. The summed E-state index contributed by atoms with van der Waals surface area (Å²) in [5.41, 5.74) is 3.02.